The largest absolute Gasteiger partial charge is 0.444 e. The van der Waals surface area contributed by atoms with Gasteiger partial charge in [-0.2, -0.15) is 0 Å². The number of alkyl carbamates (subject to hydrolysis) is 1. The molecule has 0 aliphatic rings. The van der Waals surface area contributed by atoms with Crippen LogP contribution in [0.2, 0.25) is 0 Å². The van der Waals surface area contributed by atoms with Crippen molar-refractivity contribution < 1.29 is 28.7 Å². The Kier molecular flexibility index (Phi) is 15.1. The molecule has 0 saturated heterocycles. The van der Waals surface area contributed by atoms with Crippen molar-refractivity contribution in [3.05, 3.63) is 0 Å². The van der Waals surface area contributed by atoms with Crippen molar-refractivity contribution >= 4 is 30.1 Å². The van der Waals surface area contributed by atoms with Gasteiger partial charge in [0.1, 0.15) is 17.9 Å². The van der Waals surface area contributed by atoms with Gasteiger partial charge in [0.25, 0.3) is 0 Å². The van der Waals surface area contributed by atoms with E-state index < -0.39 is 48.0 Å². The summed E-state index contributed by atoms with van der Waals surface area (Å²) in [6, 6.07) is -1.83. The monoisotopic (exact) mass is 498 g/mol. The lowest BCUT2D eigenvalue weighted by Crippen LogP contribution is -2.53. The molecular weight excluding hydrogens is 452 g/mol. The number of aldehydes is 1. The maximum Gasteiger partial charge on any atom is 0.408 e. The molecule has 2 atom stereocenters. The fraction of sp³-hybridized carbons (Fsp3) is 0.800. The SMILES string of the molecule is CC(C)C[C@H](NC(=O)OC(C)(C)C)C(=O)NCC(=O)N(C(=O)CCCCCN)[C@H](C=O)CC(C)C. The molecule has 0 bridgehead atoms. The van der Waals surface area contributed by atoms with E-state index in [1.165, 1.54) is 0 Å². The zero-order chi connectivity index (χ0) is 27.2. The van der Waals surface area contributed by atoms with Crippen LogP contribution in [-0.4, -0.2) is 65.8 Å². The van der Waals surface area contributed by atoms with E-state index in [1.54, 1.807) is 20.8 Å². The zero-order valence-corrected chi connectivity index (χ0v) is 22.5. The predicted octanol–water partition coefficient (Wildman–Crippen LogP) is 2.53. The van der Waals surface area contributed by atoms with Crippen molar-refractivity contribution in [1.29, 1.82) is 0 Å². The second kappa shape index (κ2) is 16.2. The van der Waals surface area contributed by atoms with Gasteiger partial charge < -0.3 is 25.9 Å². The second-order valence-corrected chi connectivity index (χ2v) is 10.6. The number of hydrogen-bond acceptors (Lipinski definition) is 7. The highest BCUT2D eigenvalue weighted by Crippen LogP contribution is 2.14. The average Bonchev–Trinajstić information content (AvgIpc) is 2.72. The smallest absolute Gasteiger partial charge is 0.408 e. The first-order valence-electron chi connectivity index (χ1n) is 12.5. The van der Waals surface area contributed by atoms with Gasteiger partial charge in [-0.1, -0.05) is 34.1 Å². The predicted molar refractivity (Wildman–Crippen MR) is 134 cm³/mol. The van der Waals surface area contributed by atoms with E-state index >= 15 is 0 Å². The fourth-order valence-corrected chi connectivity index (χ4v) is 3.46. The maximum absolute atomic E-state index is 13.0. The van der Waals surface area contributed by atoms with E-state index in [-0.39, 0.29) is 18.3 Å². The first kappa shape index (κ1) is 32.5. The summed E-state index contributed by atoms with van der Waals surface area (Å²) in [6.45, 7) is 12.8. The molecule has 10 nitrogen and oxygen atoms in total. The third-order valence-electron chi connectivity index (χ3n) is 4.96. The van der Waals surface area contributed by atoms with Crippen LogP contribution in [0.3, 0.4) is 0 Å². The fourth-order valence-electron chi connectivity index (χ4n) is 3.46. The molecule has 35 heavy (non-hydrogen) atoms. The Morgan fingerprint density at radius 1 is 0.943 bits per heavy atom. The van der Waals surface area contributed by atoms with Gasteiger partial charge in [0, 0.05) is 6.42 Å². The number of nitrogens with one attached hydrogen (secondary N) is 2. The van der Waals surface area contributed by atoms with Crippen LogP contribution in [0.25, 0.3) is 0 Å². The van der Waals surface area contributed by atoms with Gasteiger partial charge in [0.2, 0.25) is 17.7 Å². The molecule has 0 unspecified atom stereocenters. The quantitative estimate of drug-likeness (QED) is 0.232. The Bertz CT molecular complexity index is 703. The molecule has 0 aromatic carbocycles. The number of carbonyl (C=O) groups is 5. The van der Waals surface area contributed by atoms with Gasteiger partial charge in [-0.15, -0.1) is 0 Å². The highest BCUT2D eigenvalue weighted by atomic mass is 16.6. The number of unbranched alkanes of at least 4 members (excludes halogenated alkanes) is 2. The van der Waals surface area contributed by atoms with Crippen molar-refractivity contribution in [1.82, 2.24) is 15.5 Å². The molecule has 4 N–H and O–H groups in total. The molecule has 4 amide bonds. The Balaban J connectivity index is 5.40. The number of amides is 4. The number of hydrogen-bond donors (Lipinski definition) is 3. The van der Waals surface area contributed by atoms with Crippen LogP contribution in [0, 0.1) is 11.8 Å². The van der Waals surface area contributed by atoms with Gasteiger partial charge in [-0.3, -0.25) is 19.3 Å². The lowest BCUT2D eigenvalue weighted by Gasteiger charge is -2.28. The number of rotatable bonds is 15. The van der Waals surface area contributed by atoms with E-state index in [4.69, 9.17) is 10.5 Å². The third kappa shape index (κ3) is 14.5. The van der Waals surface area contributed by atoms with Crippen LogP contribution in [0.15, 0.2) is 0 Å². The molecular formula is C25H46N4O6. The Morgan fingerprint density at radius 3 is 2.03 bits per heavy atom. The highest BCUT2D eigenvalue weighted by molar-refractivity contribution is 6.00. The molecule has 0 aliphatic carbocycles. The van der Waals surface area contributed by atoms with Gasteiger partial charge in [0.15, 0.2) is 0 Å². The molecule has 10 heteroatoms. The van der Waals surface area contributed by atoms with E-state index in [0.29, 0.717) is 32.1 Å². The van der Waals surface area contributed by atoms with E-state index in [0.717, 1.165) is 17.7 Å². The number of nitrogens with two attached hydrogens (primary N) is 1. The topological polar surface area (TPSA) is 148 Å². The first-order valence-corrected chi connectivity index (χ1v) is 12.5. The Hall–Kier alpha value is -2.49. The van der Waals surface area contributed by atoms with Crippen LogP contribution in [0.1, 0.15) is 87.0 Å². The molecule has 0 fully saturated rings. The normalized spacial score (nSPS) is 13.2. The number of imide groups is 1. The number of carbonyl (C=O) groups excluding carboxylic acids is 5. The summed E-state index contributed by atoms with van der Waals surface area (Å²) in [5, 5.41) is 5.06. The Labute approximate surface area is 210 Å². The van der Waals surface area contributed by atoms with Crippen molar-refractivity contribution in [2.24, 2.45) is 17.6 Å². The maximum atomic E-state index is 13.0. The van der Waals surface area contributed by atoms with Crippen LogP contribution >= 0.6 is 0 Å². The summed E-state index contributed by atoms with van der Waals surface area (Å²) >= 11 is 0. The van der Waals surface area contributed by atoms with Crippen molar-refractivity contribution in [3.8, 4) is 0 Å². The van der Waals surface area contributed by atoms with E-state index in [9.17, 15) is 24.0 Å². The van der Waals surface area contributed by atoms with E-state index in [1.807, 2.05) is 27.7 Å². The molecule has 0 aromatic heterocycles. The van der Waals surface area contributed by atoms with Crippen molar-refractivity contribution in [3.63, 3.8) is 0 Å². The number of ether oxygens (including phenoxy) is 1. The standard InChI is InChI=1S/C25H46N4O6/c1-17(2)13-19(16-30)29(21(31)11-9-8-10-12-26)22(32)15-27-23(33)20(14-18(3)4)28-24(34)35-25(5,6)7/h16-20H,8-15,26H2,1-7H3,(H,27,33)(H,28,34)/t19-,20-/m0/s1. The minimum atomic E-state index is -0.921. The second-order valence-electron chi connectivity index (χ2n) is 10.6. The summed E-state index contributed by atoms with van der Waals surface area (Å²) in [7, 11) is 0. The molecule has 0 aromatic rings. The minimum absolute atomic E-state index is 0.0773. The average molecular weight is 499 g/mol. The summed E-state index contributed by atoms with van der Waals surface area (Å²) in [5.41, 5.74) is 4.76. The zero-order valence-electron chi connectivity index (χ0n) is 22.5. The highest BCUT2D eigenvalue weighted by Gasteiger charge is 2.31. The van der Waals surface area contributed by atoms with Gasteiger partial charge in [0.05, 0.1) is 12.6 Å². The van der Waals surface area contributed by atoms with Crippen LogP contribution in [-0.2, 0) is 23.9 Å². The van der Waals surface area contributed by atoms with Crippen LogP contribution in [0.5, 0.6) is 0 Å². The molecule has 0 rings (SSSR count). The van der Waals surface area contributed by atoms with Gasteiger partial charge in [-0.05, 0) is 64.8 Å². The molecule has 0 radical (unpaired) electrons. The van der Waals surface area contributed by atoms with Gasteiger partial charge in [-0.25, -0.2) is 4.79 Å². The Morgan fingerprint density at radius 2 is 1.54 bits per heavy atom. The summed E-state index contributed by atoms with van der Waals surface area (Å²) in [5.74, 6) is -1.54. The van der Waals surface area contributed by atoms with E-state index in [2.05, 4.69) is 10.6 Å². The lowest BCUT2D eigenvalue weighted by atomic mass is 10.0. The molecule has 0 spiro atoms. The summed E-state index contributed by atoms with van der Waals surface area (Å²) in [4.78, 5) is 63.6. The first-order chi connectivity index (χ1) is 16.2. The summed E-state index contributed by atoms with van der Waals surface area (Å²) < 4.78 is 5.24. The van der Waals surface area contributed by atoms with Crippen LogP contribution < -0.4 is 16.4 Å². The van der Waals surface area contributed by atoms with Gasteiger partial charge >= 0.3 is 6.09 Å². The molecule has 0 aliphatic heterocycles. The lowest BCUT2D eigenvalue weighted by molar-refractivity contribution is -0.150. The third-order valence-corrected chi connectivity index (χ3v) is 4.96. The molecule has 0 heterocycles. The van der Waals surface area contributed by atoms with Crippen molar-refractivity contribution in [2.75, 3.05) is 13.1 Å². The minimum Gasteiger partial charge on any atom is -0.444 e. The molecule has 0 saturated carbocycles. The van der Waals surface area contributed by atoms with Crippen molar-refractivity contribution in [2.45, 2.75) is 105 Å². The molecule has 202 valence electrons. The number of nitrogens with zero attached hydrogens (tertiary/aromatic N) is 1. The van der Waals surface area contributed by atoms with Crippen LogP contribution in [0.4, 0.5) is 4.79 Å². The summed E-state index contributed by atoms with van der Waals surface area (Å²) in [6.07, 6.45) is 2.68.